The molecule has 1 aliphatic rings. The molecule has 0 spiro atoms. The molecule has 0 fully saturated rings. The molecule has 0 aromatic heterocycles. The van der Waals surface area contributed by atoms with E-state index in [0.29, 0.717) is 6.61 Å². The second kappa shape index (κ2) is 6.31. The molecular weight excluding hydrogens is 260 g/mol. The van der Waals surface area contributed by atoms with Gasteiger partial charge in [0.1, 0.15) is 11.9 Å². The van der Waals surface area contributed by atoms with Crippen molar-refractivity contribution < 1.29 is 9.84 Å². The highest BCUT2D eigenvalue weighted by atomic mass is 16.5. The molecule has 1 aliphatic carbocycles. The van der Waals surface area contributed by atoms with Crippen LogP contribution in [0.1, 0.15) is 48.1 Å². The summed E-state index contributed by atoms with van der Waals surface area (Å²) in [7, 11) is 0. The zero-order chi connectivity index (χ0) is 14.7. The lowest BCUT2D eigenvalue weighted by Crippen LogP contribution is -2.07. The van der Waals surface area contributed by atoms with Crippen molar-refractivity contribution in [3.63, 3.8) is 0 Å². The Labute approximate surface area is 126 Å². The van der Waals surface area contributed by atoms with Crippen LogP contribution in [0.25, 0.3) is 0 Å². The minimum absolute atomic E-state index is 0.605. The predicted molar refractivity (Wildman–Crippen MR) is 84.8 cm³/mol. The maximum absolute atomic E-state index is 10.7. The summed E-state index contributed by atoms with van der Waals surface area (Å²) in [5, 5.41) is 10.7. The van der Waals surface area contributed by atoms with Crippen LogP contribution in [0.4, 0.5) is 0 Å². The van der Waals surface area contributed by atoms with Gasteiger partial charge in [-0.25, -0.2) is 0 Å². The average molecular weight is 282 g/mol. The van der Waals surface area contributed by atoms with Crippen molar-refractivity contribution in [1.82, 2.24) is 0 Å². The first-order chi connectivity index (χ1) is 10.3. The quantitative estimate of drug-likeness (QED) is 0.917. The van der Waals surface area contributed by atoms with Gasteiger partial charge in [-0.15, -0.1) is 0 Å². The Balaban J connectivity index is 1.93. The molecule has 1 N–H and O–H groups in total. The van der Waals surface area contributed by atoms with Crippen LogP contribution in [0.15, 0.2) is 42.5 Å². The molecule has 0 saturated carbocycles. The summed E-state index contributed by atoms with van der Waals surface area (Å²) < 4.78 is 5.63. The van der Waals surface area contributed by atoms with Crippen LogP contribution in [0.2, 0.25) is 0 Å². The normalized spacial score (nSPS) is 15.3. The van der Waals surface area contributed by atoms with Crippen molar-refractivity contribution in [3.8, 4) is 5.75 Å². The van der Waals surface area contributed by atoms with E-state index in [1.165, 1.54) is 30.4 Å². The molecule has 21 heavy (non-hydrogen) atoms. The molecule has 0 heterocycles. The fourth-order valence-corrected chi connectivity index (χ4v) is 3.10. The zero-order valence-corrected chi connectivity index (χ0v) is 12.5. The number of aliphatic hydroxyl groups excluding tert-OH is 1. The first kappa shape index (κ1) is 14.2. The van der Waals surface area contributed by atoms with Gasteiger partial charge in [0.15, 0.2) is 0 Å². The first-order valence-electron chi connectivity index (χ1n) is 7.81. The summed E-state index contributed by atoms with van der Waals surface area (Å²) >= 11 is 0. The number of fused-ring (bicyclic) bond motifs is 1. The fraction of sp³-hybridized carbons (Fsp3) is 0.368. The second-order valence-corrected chi connectivity index (χ2v) is 5.61. The standard InChI is InChI=1S/C19H22O2/c1-2-21-18-10-6-5-9-17(18)19(20)16-12-11-14-7-3-4-8-15(14)13-16/h5-6,9-13,19-20H,2-4,7-8H2,1H3. The molecule has 0 saturated heterocycles. The highest BCUT2D eigenvalue weighted by Gasteiger charge is 2.17. The molecule has 0 bridgehead atoms. The van der Waals surface area contributed by atoms with E-state index in [-0.39, 0.29) is 0 Å². The maximum atomic E-state index is 10.7. The van der Waals surface area contributed by atoms with Gasteiger partial charge in [0.2, 0.25) is 0 Å². The van der Waals surface area contributed by atoms with E-state index in [9.17, 15) is 5.11 Å². The Hall–Kier alpha value is -1.80. The largest absolute Gasteiger partial charge is 0.493 e. The maximum Gasteiger partial charge on any atom is 0.125 e. The Morgan fingerprint density at radius 1 is 1.05 bits per heavy atom. The number of para-hydroxylation sites is 1. The lowest BCUT2D eigenvalue weighted by molar-refractivity contribution is 0.212. The van der Waals surface area contributed by atoms with Gasteiger partial charge in [0.25, 0.3) is 0 Å². The lowest BCUT2D eigenvalue weighted by Gasteiger charge is -2.20. The molecule has 0 radical (unpaired) electrons. The topological polar surface area (TPSA) is 29.5 Å². The van der Waals surface area contributed by atoms with Crippen molar-refractivity contribution in [1.29, 1.82) is 0 Å². The summed E-state index contributed by atoms with van der Waals surface area (Å²) in [6.45, 7) is 2.57. The SMILES string of the molecule is CCOc1ccccc1C(O)c1ccc2c(c1)CCCC2. The summed E-state index contributed by atoms with van der Waals surface area (Å²) in [6.07, 6.45) is 4.20. The summed E-state index contributed by atoms with van der Waals surface area (Å²) in [4.78, 5) is 0. The number of benzene rings is 2. The second-order valence-electron chi connectivity index (χ2n) is 5.61. The van der Waals surface area contributed by atoms with Crippen LogP contribution in [0.5, 0.6) is 5.75 Å². The molecule has 2 heteroatoms. The van der Waals surface area contributed by atoms with Gasteiger partial charge in [-0.05, 0) is 55.4 Å². The molecule has 110 valence electrons. The molecule has 0 aliphatic heterocycles. The van der Waals surface area contributed by atoms with E-state index >= 15 is 0 Å². The third-order valence-corrected chi connectivity index (χ3v) is 4.20. The molecular formula is C19H22O2. The molecule has 2 aromatic rings. The third-order valence-electron chi connectivity index (χ3n) is 4.20. The van der Waals surface area contributed by atoms with Gasteiger partial charge in [-0.2, -0.15) is 0 Å². The smallest absolute Gasteiger partial charge is 0.125 e. The van der Waals surface area contributed by atoms with E-state index in [4.69, 9.17) is 4.74 Å². The minimum Gasteiger partial charge on any atom is -0.493 e. The minimum atomic E-state index is -0.625. The van der Waals surface area contributed by atoms with Gasteiger partial charge in [-0.1, -0.05) is 36.4 Å². The Bertz CT molecular complexity index is 619. The lowest BCUT2D eigenvalue weighted by atomic mass is 9.88. The summed E-state index contributed by atoms with van der Waals surface area (Å²) in [5.74, 6) is 0.769. The number of hydrogen-bond donors (Lipinski definition) is 1. The molecule has 1 atom stereocenters. The fourth-order valence-electron chi connectivity index (χ4n) is 3.10. The Morgan fingerprint density at radius 2 is 1.81 bits per heavy atom. The predicted octanol–water partition coefficient (Wildman–Crippen LogP) is 4.05. The first-order valence-corrected chi connectivity index (χ1v) is 7.81. The van der Waals surface area contributed by atoms with E-state index in [2.05, 4.69) is 18.2 Å². The number of aryl methyl sites for hydroxylation is 2. The van der Waals surface area contributed by atoms with Crippen molar-refractivity contribution >= 4 is 0 Å². The van der Waals surface area contributed by atoms with Crippen LogP contribution in [0.3, 0.4) is 0 Å². The molecule has 0 amide bonds. The van der Waals surface area contributed by atoms with Gasteiger partial charge in [-0.3, -0.25) is 0 Å². The summed E-state index contributed by atoms with van der Waals surface area (Å²) in [5.41, 5.74) is 4.64. The average Bonchev–Trinajstić information content (AvgIpc) is 2.54. The van der Waals surface area contributed by atoms with Crippen LogP contribution in [-0.4, -0.2) is 11.7 Å². The molecule has 3 rings (SSSR count). The Morgan fingerprint density at radius 3 is 2.62 bits per heavy atom. The number of aliphatic hydroxyl groups is 1. The van der Waals surface area contributed by atoms with Crippen LogP contribution in [0, 0.1) is 0 Å². The summed E-state index contributed by atoms with van der Waals surface area (Å²) in [6, 6.07) is 14.1. The van der Waals surface area contributed by atoms with Gasteiger partial charge < -0.3 is 9.84 Å². The van der Waals surface area contributed by atoms with Crippen molar-refractivity contribution in [3.05, 3.63) is 64.7 Å². The van der Waals surface area contributed by atoms with E-state index in [1.54, 1.807) is 0 Å². The molecule has 2 aromatic carbocycles. The number of hydrogen-bond acceptors (Lipinski definition) is 2. The van der Waals surface area contributed by atoms with Crippen molar-refractivity contribution in [2.45, 2.75) is 38.7 Å². The van der Waals surface area contributed by atoms with Crippen LogP contribution >= 0.6 is 0 Å². The van der Waals surface area contributed by atoms with Gasteiger partial charge >= 0.3 is 0 Å². The highest BCUT2D eigenvalue weighted by molar-refractivity contribution is 5.43. The molecule has 2 nitrogen and oxygen atoms in total. The van der Waals surface area contributed by atoms with E-state index < -0.39 is 6.10 Å². The molecule has 1 unspecified atom stereocenters. The van der Waals surface area contributed by atoms with E-state index in [1.807, 2.05) is 31.2 Å². The van der Waals surface area contributed by atoms with Crippen LogP contribution < -0.4 is 4.74 Å². The highest BCUT2D eigenvalue weighted by Crippen LogP contribution is 2.32. The van der Waals surface area contributed by atoms with Gasteiger partial charge in [0, 0.05) is 5.56 Å². The third kappa shape index (κ3) is 2.96. The van der Waals surface area contributed by atoms with E-state index in [0.717, 1.165) is 23.3 Å². The number of rotatable bonds is 4. The van der Waals surface area contributed by atoms with Gasteiger partial charge in [0.05, 0.1) is 6.61 Å². The van der Waals surface area contributed by atoms with Crippen molar-refractivity contribution in [2.75, 3.05) is 6.61 Å². The monoisotopic (exact) mass is 282 g/mol. The number of ether oxygens (including phenoxy) is 1. The van der Waals surface area contributed by atoms with Crippen molar-refractivity contribution in [2.24, 2.45) is 0 Å². The zero-order valence-electron chi connectivity index (χ0n) is 12.5. The van der Waals surface area contributed by atoms with Crippen LogP contribution in [-0.2, 0) is 12.8 Å². The Kier molecular flexibility index (Phi) is 4.26.